The van der Waals surface area contributed by atoms with Gasteiger partial charge in [-0.05, 0) is 64.5 Å². The van der Waals surface area contributed by atoms with Crippen molar-refractivity contribution in [2.24, 2.45) is 5.41 Å². The summed E-state index contributed by atoms with van der Waals surface area (Å²) >= 11 is 1.63. The van der Waals surface area contributed by atoms with Gasteiger partial charge in [0.25, 0.3) is 0 Å². The summed E-state index contributed by atoms with van der Waals surface area (Å²) in [5.74, 6) is -0.191. The smallest absolute Gasteiger partial charge is 0.313 e. The molecular weight excluding hydrogens is 494 g/mol. The van der Waals surface area contributed by atoms with Gasteiger partial charge in [-0.1, -0.05) is 30.3 Å². The normalized spacial score (nSPS) is 28.3. The van der Waals surface area contributed by atoms with E-state index < -0.39 is 34.0 Å². The fourth-order valence-electron chi connectivity index (χ4n) is 5.34. The Kier molecular flexibility index (Phi) is 5.91. The van der Waals surface area contributed by atoms with Crippen molar-refractivity contribution in [3.8, 4) is 0 Å². The quantitative estimate of drug-likeness (QED) is 0.461. The van der Waals surface area contributed by atoms with Crippen LogP contribution >= 0.6 is 11.8 Å². The molecule has 0 saturated carbocycles. The predicted octanol–water partition coefficient (Wildman–Crippen LogP) is 2.23. The lowest BCUT2D eigenvalue weighted by Gasteiger charge is -2.50. The van der Waals surface area contributed by atoms with Crippen LogP contribution in [0.4, 0.5) is 0 Å². The number of carbonyl (C=O) groups excluding carboxylic acids is 3. The molecule has 1 aromatic carbocycles. The summed E-state index contributed by atoms with van der Waals surface area (Å²) in [6.07, 6.45) is 0. The Morgan fingerprint density at radius 3 is 2.43 bits per heavy atom. The fraction of sp³-hybridized carbons (Fsp3) is 0.600. The van der Waals surface area contributed by atoms with Gasteiger partial charge in [-0.3, -0.25) is 19.7 Å². The first kappa shape index (κ1) is 25.7. The van der Waals surface area contributed by atoms with Crippen molar-refractivity contribution in [1.82, 2.24) is 35.3 Å². The SMILES string of the molecule is CC(C)(C)C(=O)OCn1nnnc1C1N2C(=O)C(N3C(=O)C(c4ccccc4)NC3(C)C)C2SC1(C)C. The number of β-lactam (4-membered cyclic amide) rings is 1. The largest absolute Gasteiger partial charge is 0.442 e. The highest BCUT2D eigenvalue weighted by Crippen LogP contribution is 2.59. The number of nitrogens with zero attached hydrogens (tertiary/aromatic N) is 6. The topological polar surface area (TPSA) is 123 Å². The van der Waals surface area contributed by atoms with E-state index in [4.69, 9.17) is 4.74 Å². The number of ether oxygens (including phenoxy) is 1. The standard InChI is InChI=1S/C25H33N7O4S/c1-23(2,3)22(35)36-13-30-18(27-28-29-30)17-24(4,5)37-21-16(20(34)31(17)21)32-19(33)15(26-25(32,6)7)14-11-9-8-10-12-14/h8-12,15-17,21,26H,13H2,1-7H3. The maximum atomic E-state index is 13.7. The van der Waals surface area contributed by atoms with Gasteiger partial charge in [0.2, 0.25) is 11.8 Å². The number of nitrogens with one attached hydrogen (secondary N) is 1. The molecule has 3 aliphatic rings. The molecule has 4 atom stereocenters. The Morgan fingerprint density at radius 2 is 1.78 bits per heavy atom. The summed E-state index contributed by atoms with van der Waals surface area (Å²) in [4.78, 5) is 43.1. The van der Waals surface area contributed by atoms with Crippen LogP contribution in [0.2, 0.25) is 0 Å². The molecule has 11 nitrogen and oxygen atoms in total. The molecule has 12 heteroatoms. The minimum Gasteiger partial charge on any atom is -0.442 e. The van der Waals surface area contributed by atoms with Crippen molar-refractivity contribution in [2.75, 3.05) is 0 Å². The van der Waals surface area contributed by atoms with Gasteiger partial charge in [-0.2, -0.15) is 4.68 Å². The number of benzene rings is 1. The summed E-state index contributed by atoms with van der Waals surface area (Å²) in [7, 11) is 0. The number of fused-ring (bicyclic) bond motifs is 1. The zero-order valence-electron chi connectivity index (χ0n) is 22.1. The summed E-state index contributed by atoms with van der Waals surface area (Å²) < 4.78 is 6.41. The Morgan fingerprint density at radius 1 is 1.11 bits per heavy atom. The Hall–Kier alpha value is -2.99. The molecule has 2 amide bonds. The van der Waals surface area contributed by atoms with Crippen LogP contribution in [-0.4, -0.2) is 69.6 Å². The third-order valence-electron chi connectivity index (χ3n) is 7.14. The molecular formula is C25H33N7O4S. The van der Waals surface area contributed by atoms with E-state index in [0.29, 0.717) is 5.82 Å². The highest BCUT2D eigenvalue weighted by molar-refractivity contribution is 8.01. The highest BCUT2D eigenvalue weighted by Gasteiger charge is 2.67. The van der Waals surface area contributed by atoms with Crippen LogP contribution in [0.25, 0.3) is 0 Å². The van der Waals surface area contributed by atoms with Crippen molar-refractivity contribution in [3.05, 3.63) is 41.7 Å². The van der Waals surface area contributed by atoms with E-state index in [-0.39, 0.29) is 29.9 Å². The van der Waals surface area contributed by atoms with Gasteiger partial charge in [0.05, 0.1) is 11.1 Å². The van der Waals surface area contributed by atoms with Crippen LogP contribution < -0.4 is 5.32 Å². The molecule has 0 aliphatic carbocycles. The molecule has 3 fully saturated rings. The van der Waals surface area contributed by atoms with Crippen LogP contribution in [0, 0.1) is 5.41 Å². The van der Waals surface area contributed by atoms with Gasteiger partial charge >= 0.3 is 5.97 Å². The van der Waals surface area contributed by atoms with Crippen LogP contribution in [0.3, 0.4) is 0 Å². The molecule has 0 radical (unpaired) electrons. The Labute approximate surface area is 220 Å². The van der Waals surface area contributed by atoms with Crippen molar-refractivity contribution in [3.63, 3.8) is 0 Å². The molecule has 37 heavy (non-hydrogen) atoms. The summed E-state index contributed by atoms with van der Waals surface area (Å²) in [6, 6.07) is 7.97. The second kappa shape index (κ2) is 8.52. The van der Waals surface area contributed by atoms with Gasteiger partial charge in [0.15, 0.2) is 12.6 Å². The molecule has 3 aliphatic heterocycles. The molecule has 1 aromatic heterocycles. The average molecular weight is 528 g/mol. The number of carbonyl (C=O) groups is 3. The van der Waals surface area contributed by atoms with E-state index in [9.17, 15) is 14.4 Å². The number of tetrazole rings is 1. The second-order valence-corrected chi connectivity index (χ2v) is 13.6. The van der Waals surface area contributed by atoms with Crippen LogP contribution in [0.5, 0.6) is 0 Å². The fourth-order valence-corrected chi connectivity index (χ4v) is 7.02. The van der Waals surface area contributed by atoms with E-state index in [1.807, 2.05) is 58.0 Å². The monoisotopic (exact) mass is 527 g/mol. The third-order valence-corrected chi connectivity index (χ3v) is 8.70. The van der Waals surface area contributed by atoms with E-state index in [2.05, 4.69) is 20.8 Å². The lowest BCUT2D eigenvalue weighted by atomic mass is 9.93. The van der Waals surface area contributed by atoms with Crippen molar-refractivity contribution >= 4 is 29.5 Å². The number of rotatable bonds is 5. The van der Waals surface area contributed by atoms with E-state index in [0.717, 1.165) is 5.56 Å². The number of hydrogen-bond donors (Lipinski definition) is 1. The molecule has 0 spiro atoms. The first-order chi connectivity index (χ1) is 17.2. The molecule has 2 aromatic rings. The van der Waals surface area contributed by atoms with E-state index in [1.165, 1.54) is 4.68 Å². The van der Waals surface area contributed by atoms with Crippen molar-refractivity contribution in [2.45, 2.75) is 89.1 Å². The highest BCUT2D eigenvalue weighted by atomic mass is 32.2. The van der Waals surface area contributed by atoms with Crippen molar-refractivity contribution < 1.29 is 19.1 Å². The third kappa shape index (κ3) is 4.10. The molecule has 0 bridgehead atoms. The minimum atomic E-state index is -0.713. The van der Waals surface area contributed by atoms with Gasteiger partial charge in [-0.15, -0.1) is 16.9 Å². The minimum absolute atomic E-state index is 0.116. The van der Waals surface area contributed by atoms with Gasteiger partial charge in [0.1, 0.15) is 23.5 Å². The van der Waals surface area contributed by atoms with Gasteiger partial charge in [0, 0.05) is 4.75 Å². The van der Waals surface area contributed by atoms with E-state index in [1.54, 1.807) is 42.3 Å². The maximum absolute atomic E-state index is 13.7. The first-order valence-corrected chi connectivity index (χ1v) is 13.2. The van der Waals surface area contributed by atoms with Gasteiger partial charge < -0.3 is 14.5 Å². The molecule has 198 valence electrons. The summed E-state index contributed by atoms with van der Waals surface area (Å²) in [5, 5.41) is 15.2. The Balaban J connectivity index is 1.40. The van der Waals surface area contributed by atoms with Crippen LogP contribution in [0.15, 0.2) is 30.3 Å². The summed E-state index contributed by atoms with van der Waals surface area (Å²) in [5.41, 5.74) is -0.508. The second-order valence-electron chi connectivity index (χ2n) is 11.8. The zero-order valence-corrected chi connectivity index (χ0v) is 22.9. The maximum Gasteiger partial charge on any atom is 0.313 e. The number of aromatic nitrogens is 4. The Bertz CT molecular complexity index is 1240. The molecule has 1 N–H and O–H groups in total. The average Bonchev–Trinajstić information content (AvgIpc) is 3.44. The lowest BCUT2D eigenvalue weighted by molar-refractivity contribution is -0.166. The van der Waals surface area contributed by atoms with Gasteiger partial charge in [-0.25, -0.2) is 0 Å². The number of esters is 1. The number of thioether (sulfide) groups is 1. The summed E-state index contributed by atoms with van der Waals surface area (Å²) in [6.45, 7) is 13.1. The van der Waals surface area contributed by atoms with Crippen LogP contribution in [-0.2, 0) is 25.9 Å². The molecule has 4 unspecified atom stereocenters. The predicted molar refractivity (Wildman–Crippen MR) is 135 cm³/mol. The number of amides is 2. The molecule has 4 heterocycles. The first-order valence-electron chi connectivity index (χ1n) is 12.3. The lowest BCUT2D eigenvalue weighted by Crippen LogP contribution is -2.71. The number of hydrogen-bond acceptors (Lipinski definition) is 9. The zero-order chi connectivity index (χ0) is 26.9. The van der Waals surface area contributed by atoms with Crippen molar-refractivity contribution in [1.29, 1.82) is 0 Å². The molecule has 5 rings (SSSR count). The molecule has 3 saturated heterocycles. The van der Waals surface area contributed by atoms with E-state index >= 15 is 0 Å². The van der Waals surface area contributed by atoms with Crippen LogP contribution in [0.1, 0.15) is 71.9 Å².